The van der Waals surface area contributed by atoms with Crippen molar-refractivity contribution in [2.45, 2.75) is 44.3 Å². The van der Waals surface area contributed by atoms with Crippen molar-refractivity contribution >= 4 is 0 Å². The van der Waals surface area contributed by atoms with Crippen molar-refractivity contribution in [3.8, 4) is 0 Å². The van der Waals surface area contributed by atoms with Crippen molar-refractivity contribution in [3.05, 3.63) is 35.4 Å². The van der Waals surface area contributed by atoms with E-state index >= 15 is 0 Å². The van der Waals surface area contributed by atoms with E-state index in [1.165, 1.54) is 25.0 Å². The molecule has 1 saturated carbocycles. The summed E-state index contributed by atoms with van der Waals surface area (Å²) in [5, 5.41) is 3.52. The third-order valence-electron chi connectivity index (χ3n) is 4.21. The van der Waals surface area contributed by atoms with E-state index in [4.69, 9.17) is 0 Å². The minimum absolute atomic E-state index is 0.0549. The average Bonchev–Trinajstić information content (AvgIpc) is 3.14. The maximum absolute atomic E-state index is 13.2. The zero-order chi connectivity index (χ0) is 13.4. The van der Waals surface area contributed by atoms with Crippen LogP contribution in [0, 0.1) is 11.6 Å². The molecule has 2 unspecified atom stereocenters. The zero-order valence-electron chi connectivity index (χ0n) is 11.2. The van der Waals surface area contributed by atoms with Gasteiger partial charge in [0.1, 0.15) is 0 Å². The van der Waals surface area contributed by atoms with E-state index in [2.05, 4.69) is 10.2 Å². The molecule has 2 nitrogen and oxygen atoms in total. The molecule has 1 aliphatic carbocycles. The topological polar surface area (TPSA) is 15.3 Å². The quantitative estimate of drug-likeness (QED) is 0.901. The van der Waals surface area contributed by atoms with Crippen LogP contribution >= 0.6 is 0 Å². The Hall–Kier alpha value is -1.00. The average molecular weight is 266 g/mol. The van der Waals surface area contributed by atoms with E-state index in [9.17, 15) is 8.78 Å². The first-order valence-electron chi connectivity index (χ1n) is 7.08. The van der Waals surface area contributed by atoms with Gasteiger partial charge in [-0.15, -0.1) is 0 Å². The number of halogens is 2. The van der Waals surface area contributed by atoms with Gasteiger partial charge in [0.05, 0.1) is 0 Å². The zero-order valence-corrected chi connectivity index (χ0v) is 11.2. The van der Waals surface area contributed by atoms with E-state index in [0.29, 0.717) is 6.04 Å². The van der Waals surface area contributed by atoms with Crippen LogP contribution in [0.15, 0.2) is 18.2 Å². The first kappa shape index (κ1) is 13.0. The van der Waals surface area contributed by atoms with Crippen LogP contribution in [-0.4, -0.2) is 30.1 Å². The van der Waals surface area contributed by atoms with Gasteiger partial charge in [0, 0.05) is 31.2 Å². The Morgan fingerprint density at radius 1 is 1.21 bits per heavy atom. The smallest absolute Gasteiger partial charge is 0.159 e. The molecule has 1 N–H and O–H groups in total. The second kappa shape index (κ2) is 5.17. The minimum atomic E-state index is -0.781. The van der Waals surface area contributed by atoms with Crippen LogP contribution in [0.3, 0.4) is 0 Å². The Kier molecular flexibility index (Phi) is 3.54. The maximum atomic E-state index is 13.2. The summed E-state index contributed by atoms with van der Waals surface area (Å²) in [6, 6.07) is 5.48. The summed E-state index contributed by atoms with van der Waals surface area (Å²) in [6.45, 7) is 4.25. The predicted octanol–water partition coefficient (Wildman–Crippen LogP) is 2.85. The molecule has 0 spiro atoms. The summed E-state index contributed by atoms with van der Waals surface area (Å²) in [4.78, 5) is 2.54. The van der Waals surface area contributed by atoms with Gasteiger partial charge in [-0.1, -0.05) is 6.07 Å². The molecule has 1 saturated heterocycles. The Balaban J connectivity index is 1.58. The molecular weight excluding hydrogens is 246 g/mol. The third-order valence-corrected chi connectivity index (χ3v) is 4.21. The number of likely N-dealkylation sites (tertiary alicyclic amines) is 1. The van der Waals surface area contributed by atoms with Gasteiger partial charge in [-0.05, 0) is 43.9 Å². The lowest BCUT2D eigenvalue weighted by atomic mass is 10.1. The van der Waals surface area contributed by atoms with Crippen molar-refractivity contribution in [1.29, 1.82) is 0 Å². The van der Waals surface area contributed by atoms with Gasteiger partial charge in [0.15, 0.2) is 11.6 Å². The SMILES string of the molecule is CC(NC1CCN(C2CC2)C1)c1ccc(F)c(F)c1. The number of benzene rings is 1. The third kappa shape index (κ3) is 2.95. The molecular formula is C15H20F2N2. The van der Waals surface area contributed by atoms with Crippen LogP contribution in [0.2, 0.25) is 0 Å². The lowest BCUT2D eigenvalue weighted by Gasteiger charge is -2.21. The van der Waals surface area contributed by atoms with E-state index in [0.717, 1.165) is 31.1 Å². The van der Waals surface area contributed by atoms with Crippen molar-refractivity contribution in [2.24, 2.45) is 0 Å². The minimum Gasteiger partial charge on any atom is -0.306 e. The Labute approximate surface area is 112 Å². The summed E-state index contributed by atoms with van der Waals surface area (Å²) in [7, 11) is 0. The highest BCUT2D eigenvalue weighted by Crippen LogP contribution is 2.30. The second-order valence-electron chi connectivity index (χ2n) is 5.77. The van der Waals surface area contributed by atoms with Crippen LogP contribution in [-0.2, 0) is 0 Å². The first-order chi connectivity index (χ1) is 9.13. The lowest BCUT2D eigenvalue weighted by molar-refractivity contribution is 0.313. The fourth-order valence-electron chi connectivity index (χ4n) is 2.93. The summed E-state index contributed by atoms with van der Waals surface area (Å²) in [6.07, 6.45) is 3.82. The van der Waals surface area contributed by atoms with E-state index in [1.54, 1.807) is 6.07 Å². The largest absolute Gasteiger partial charge is 0.306 e. The highest BCUT2D eigenvalue weighted by molar-refractivity contribution is 5.21. The summed E-state index contributed by atoms with van der Waals surface area (Å²) >= 11 is 0. The fourth-order valence-corrected chi connectivity index (χ4v) is 2.93. The molecule has 0 radical (unpaired) electrons. The molecule has 1 aromatic rings. The highest BCUT2D eigenvalue weighted by atomic mass is 19.2. The molecule has 2 aliphatic rings. The number of nitrogens with one attached hydrogen (secondary N) is 1. The molecule has 3 rings (SSSR count). The molecule has 104 valence electrons. The second-order valence-corrected chi connectivity index (χ2v) is 5.77. The fraction of sp³-hybridized carbons (Fsp3) is 0.600. The van der Waals surface area contributed by atoms with Gasteiger partial charge >= 0.3 is 0 Å². The molecule has 2 fully saturated rings. The molecule has 19 heavy (non-hydrogen) atoms. The summed E-state index contributed by atoms with van der Waals surface area (Å²) < 4.78 is 26.1. The predicted molar refractivity (Wildman–Crippen MR) is 70.9 cm³/mol. The van der Waals surface area contributed by atoms with Crippen molar-refractivity contribution in [3.63, 3.8) is 0 Å². The number of hydrogen-bond donors (Lipinski definition) is 1. The maximum Gasteiger partial charge on any atom is 0.159 e. The van der Waals surface area contributed by atoms with Gasteiger partial charge in [-0.2, -0.15) is 0 Å². The van der Waals surface area contributed by atoms with Crippen LogP contribution in [0.5, 0.6) is 0 Å². The van der Waals surface area contributed by atoms with Gasteiger partial charge < -0.3 is 5.32 Å². The lowest BCUT2D eigenvalue weighted by Crippen LogP contribution is -2.35. The molecule has 4 heteroatoms. The van der Waals surface area contributed by atoms with Crippen LogP contribution < -0.4 is 5.32 Å². The van der Waals surface area contributed by atoms with Gasteiger partial charge in [0.2, 0.25) is 0 Å². The van der Waals surface area contributed by atoms with E-state index < -0.39 is 11.6 Å². The van der Waals surface area contributed by atoms with Gasteiger partial charge in [-0.3, -0.25) is 4.90 Å². The Bertz CT molecular complexity index is 459. The van der Waals surface area contributed by atoms with E-state index in [-0.39, 0.29) is 6.04 Å². The Morgan fingerprint density at radius 2 is 2.00 bits per heavy atom. The van der Waals surface area contributed by atoms with Crippen LogP contribution in [0.1, 0.15) is 37.8 Å². The molecule has 1 heterocycles. The van der Waals surface area contributed by atoms with Crippen LogP contribution in [0.25, 0.3) is 0 Å². The van der Waals surface area contributed by atoms with E-state index in [1.807, 2.05) is 6.92 Å². The van der Waals surface area contributed by atoms with Gasteiger partial charge in [-0.25, -0.2) is 8.78 Å². The monoisotopic (exact) mass is 266 g/mol. The highest BCUT2D eigenvalue weighted by Gasteiger charge is 2.34. The normalized spacial score (nSPS) is 25.7. The standard InChI is InChI=1S/C15H20F2N2/c1-10(11-2-5-14(16)15(17)8-11)18-12-6-7-19(9-12)13-3-4-13/h2,5,8,10,12-13,18H,3-4,6-7,9H2,1H3. The number of nitrogens with zero attached hydrogens (tertiary/aromatic N) is 1. The number of hydrogen-bond acceptors (Lipinski definition) is 2. The molecule has 0 amide bonds. The molecule has 2 atom stereocenters. The number of rotatable bonds is 4. The first-order valence-corrected chi connectivity index (χ1v) is 7.08. The summed E-state index contributed by atoms with van der Waals surface area (Å²) in [5.74, 6) is -1.55. The molecule has 1 aliphatic heterocycles. The molecule has 0 aromatic heterocycles. The molecule has 0 bridgehead atoms. The van der Waals surface area contributed by atoms with Crippen LogP contribution in [0.4, 0.5) is 8.78 Å². The van der Waals surface area contributed by atoms with Gasteiger partial charge in [0.25, 0.3) is 0 Å². The van der Waals surface area contributed by atoms with Crippen molar-refractivity contribution in [1.82, 2.24) is 10.2 Å². The molecule has 1 aromatic carbocycles. The summed E-state index contributed by atoms with van der Waals surface area (Å²) in [5.41, 5.74) is 0.809. The van der Waals surface area contributed by atoms with Crippen molar-refractivity contribution < 1.29 is 8.78 Å². The van der Waals surface area contributed by atoms with Crippen molar-refractivity contribution in [2.75, 3.05) is 13.1 Å². The Morgan fingerprint density at radius 3 is 2.68 bits per heavy atom.